The molecule has 1 heterocycles. The van der Waals surface area contributed by atoms with E-state index < -0.39 is 0 Å². The minimum Gasteiger partial charge on any atom is -0.355 e. The number of aromatic nitrogens is 2. The second-order valence-corrected chi connectivity index (χ2v) is 4.05. The van der Waals surface area contributed by atoms with Crippen molar-refractivity contribution in [2.24, 2.45) is 0 Å². The van der Waals surface area contributed by atoms with Gasteiger partial charge in [0.05, 0.1) is 0 Å². The first-order valence-electron chi connectivity index (χ1n) is 6.06. The van der Waals surface area contributed by atoms with Crippen molar-refractivity contribution in [2.75, 3.05) is 13.6 Å². The van der Waals surface area contributed by atoms with Gasteiger partial charge in [-0.3, -0.25) is 4.79 Å². The van der Waals surface area contributed by atoms with Crippen LogP contribution in [0.15, 0.2) is 35.2 Å². The van der Waals surface area contributed by atoms with Crippen LogP contribution in [0.1, 0.15) is 21.7 Å². The van der Waals surface area contributed by atoms with Crippen LogP contribution in [0.3, 0.4) is 0 Å². The Hall–Kier alpha value is -2.21. The van der Waals surface area contributed by atoms with Crippen molar-refractivity contribution in [2.45, 2.75) is 13.0 Å². The van der Waals surface area contributed by atoms with Crippen LogP contribution in [0, 0.1) is 0 Å². The first kappa shape index (κ1) is 13.2. The minimum atomic E-state index is -0.0726. The van der Waals surface area contributed by atoms with Gasteiger partial charge >= 0.3 is 0 Å². The molecule has 0 spiro atoms. The van der Waals surface area contributed by atoms with Gasteiger partial charge in [0, 0.05) is 32.1 Å². The molecule has 0 saturated carbocycles. The largest absolute Gasteiger partial charge is 0.355 e. The molecule has 0 fully saturated rings. The molecule has 19 heavy (non-hydrogen) atoms. The van der Waals surface area contributed by atoms with Crippen LogP contribution in [-0.4, -0.2) is 29.6 Å². The summed E-state index contributed by atoms with van der Waals surface area (Å²) in [6.07, 6.45) is 2.06. The fourth-order valence-corrected chi connectivity index (χ4v) is 1.65. The molecule has 2 rings (SSSR count). The van der Waals surface area contributed by atoms with Crippen molar-refractivity contribution >= 4 is 5.91 Å². The van der Waals surface area contributed by atoms with Gasteiger partial charge in [0.1, 0.15) is 0 Å². The lowest BCUT2D eigenvalue weighted by atomic mass is 10.1. The van der Waals surface area contributed by atoms with E-state index in [0.717, 1.165) is 25.1 Å². The minimum absolute atomic E-state index is 0.0726. The highest BCUT2D eigenvalue weighted by molar-refractivity contribution is 5.93. The Kier molecular flexibility index (Phi) is 4.63. The highest BCUT2D eigenvalue weighted by Gasteiger charge is 2.02. The molecule has 6 nitrogen and oxygen atoms in total. The van der Waals surface area contributed by atoms with E-state index in [4.69, 9.17) is 0 Å². The molecule has 1 amide bonds. The van der Waals surface area contributed by atoms with Crippen molar-refractivity contribution in [3.8, 4) is 0 Å². The van der Waals surface area contributed by atoms with E-state index >= 15 is 0 Å². The first-order valence-corrected chi connectivity index (χ1v) is 6.06. The second-order valence-electron chi connectivity index (χ2n) is 4.05. The van der Waals surface area contributed by atoms with E-state index in [1.807, 2.05) is 24.3 Å². The van der Waals surface area contributed by atoms with Gasteiger partial charge in [0.15, 0.2) is 5.82 Å². The zero-order chi connectivity index (χ0) is 13.5. The van der Waals surface area contributed by atoms with E-state index in [9.17, 15) is 4.79 Å². The van der Waals surface area contributed by atoms with Gasteiger partial charge in [-0.15, -0.1) is 0 Å². The number of nitrogens with one attached hydrogen (secondary N) is 2. The molecule has 0 aliphatic heterocycles. The van der Waals surface area contributed by atoms with Crippen molar-refractivity contribution < 1.29 is 9.32 Å². The Labute approximate surface area is 111 Å². The number of rotatable bonds is 6. The Bertz CT molecular complexity index is 508. The number of hydrogen-bond acceptors (Lipinski definition) is 5. The van der Waals surface area contributed by atoms with Crippen LogP contribution in [0.25, 0.3) is 0 Å². The first-order chi connectivity index (χ1) is 9.29. The fraction of sp³-hybridized carbons (Fsp3) is 0.308. The lowest BCUT2D eigenvalue weighted by molar-refractivity contribution is 0.0963. The van der Waals surface area contributed by atoms with E-state index in [1.54, 1.807) is 7.05 Å². The molecule has 1 aromatic heterocycles. The van der Waals surface area contributed by atoms with Gasteiger partial charge in [0.2, 0.25) is 6.39 Å². The summed E-state index contributed by atoms with van der Waals surface area (Å²) in [5.41, 5.74) is 1.79. The molecule has 0 radical (unpaired) electrons. The van der Waals surface area contributed by atoms with Gasteiger partial charge in [-0.1, -0.05) is 17.3 Å². The summed E-state index contributed by atoms with van der Waals surface area (Å²) in [5, 5.41) is 9.60. The Morgan fingerprint density at radius 3 is 2.74 bits per heavy atom. The molecule has 6 heteroatoms. The predicted molar refractivity (Wildman–Crippen MR) is 69.5 cm³/mol. The van der Waals surface area contributed by atoms with Crippen molar-refractivity contribution in [1.82, 2.24) is 20.8 Å². The molecule has 0 atom stereocenters. The number of carbonyl (C=O) groups excluding carboxylic acids is 1. The van der Waals surface area contributed by atoms with Crippen LogP contribution in [0.4, 0.5) is 0 Å². The van der Waals surface area contributed by atoms with Crippen LogP contribution >= 0.6 is 0 Å². The van der Waals surface area contributed by atoms with Gasteiger partial charge < -0.3 is 15.2 Å². The van der Waals surface area contributed by atoms with E-state index in [1.165, 1.54) is 6.39 Å². The summed E-state index contributed by atoms with van der Waals surface area (Å²) in [4.78, 5) is 15.3. The summed E-state index contributed by atoms with van der Waals surface area (Å²) >= 11 is 0. The predicted octanol–water partition coefficient (Wildman–Crippen LogP) is 0.761. The Morgan fingerprint density at radius 1 is 1.32 bits per heavy atom. The molecule has 0 saturated heterocycles. The highest BCUT2D eigenvalue weighted by Crippen LogP contribution is 2.04. The zero-order valence-corrected chi connectivity index (χ0v) is 10.7. The average Bonchev–Trinajstić information content (AvgIpc) is 2.96. The lowest BCUT2D eigenvalue weighted by Crippen LogP contribution is -2.19. The van der Waals surface area contributed by atoms with Crippen LogP contribution in [0.2, 0.25) is 0 Å². The third-order valence-electron chi connectivity index (χ3n) is 2.70. The normalized spacial score (nSPS) is 10.4. The van der Waals surface area contributed by atoms with Gasteiger partial charge in [-0.25, -0.2) is 0 Å². The third kappa shape index (κ3) is 3.89. The maximum Gasteiger partial charge on any atom is 0.251 e. The molecule has 0 bridgehead atoms. The molecule has 0 aliphatic carbocycles. The summed E-state index contributed by atoms with van der Waals surface area (Å²) in [6.45, 7) is 1.52. The quantitative estimate of drug-likeness (QED) is 0.750. The molecular weight excluding hydrogens is 244 g/mol. The molecule has 1 aromatic carbocycles. The Balaban J connectivity index is 1.75. The maximum atomic E-state index is 11.4. The maximum absolute atomic E-state index is 11.4. The van der Waals surface area contributed by atoms with Crippen molar-refractivity contribution in [3.63, 3.8) is 0 Å². The molecule has 0 unspecified atom stereocenters. The average molecular weight is 260 g/mol. The van der Waals surface area contributed by atoms with Crippen LogP contribution < -0.4 is 10.6 Å². The van der Waals surface area contributed by atoms with Crippen molar-refractivity contribution in [3.05, 3.63) is 47.6 Å². The number of hydrogen-bond donors (Lipinski definition) is 2. The standard InChI is InChI=1S/C13H16N4O2/c1-14-13(18)11-4-2-10(3-5-11)8-15-7-6-12-16-9-19-17-12/h2-5,9,15H,6-8H2,1H3,(H,14,18). The van der Waals surface area contributed by atoms with Crippen LogP contribution in [0.5, 0.6) is 0 Å². The summed E-state index contributed by atoms with van der Waals surface area (Å²) in [7, 11) is 1.62. The third-order valence-corrected chi connectivity index (χ3v) is 2.70. The molecule has 2 N–H and O–H groups in total. The number of nitrogens with zero attached hydrogens (tertiary/aromatic N) is 2. The van der Waals surface area contributed by atoms with Gasteiger partial charge in [-0.05, 0) is 17.7 Å². The molecule has 0 aliphatic rings. The SMILES string of the molecule is CNC(=O)c1ccc(CNCCc2ncon2)cc1. The molecule has 2 aromatic rings. The second kappa shape index (κ2) is 6.65. The fourth-order valence-electron chi connectivity index (χ4n) is 1.65. The Morgan fingerprint density at radius 2 is 2.11 bits per heavy atom. The molecule has 100 valence electrons. The molecular formula is C13H16N4O2. The van der Waals surface area contributed by atoms with Crippen LogP contribution in [-0.2, 0) is 13.0 Å². The topological polar surface area (TPSA) is 80.0 Å². The summed E-state index contributed by atoms with van der Waals surface area (Å²) in [5.74, 6) is 0.624. The number of benzene rings is 1. The monoisotopic (exact) mass is 260 g/mol. The summed E-state index contributed by atoms with van der Waals surface area (Å²) < 4.78 is 4.65. The highest BCUT2D eigenvalue weighted by atomic mass is 16.5. The summed E-state index contributed by atoms with van der Waals surface area (Å²) in [6, 6.07) is 7.50. The number of carbonyl (C=O) groups is 1. The van der Waals surface area contributed by atoms with E-state index in [2.05, 4.69) is 25.3 Å². The number of amides is 1. The van der Waals surface area contributed by atoms with E-state index in [0.29, 0.717) is 11.4 Å². The van der Waals surface area contributed by atoms with Gasteiger partial charge in [-0.2, -0.15) is 4.98 Å². The zero-order valence-electron chi connectivity index (χ0n) is 10.7. The smallest absolute Gasteiger partial charge is 0.251 e. The van der Waals surface area contributed by atoms with E-state index in [-0.39, 0.29) is 5.91 Å². The lowest BCUT2D eigenvalue weighted by Gasteiger charge is -2.05. The van der Waals surface area contributed by atoms with Crippen molar-refractivity contribution in [1.29, 1.82) is 0 Å². The van der Waals surface area contributed by atoms with Gasteiger partial charge in [0.25, 0.3) is 5.91 Å².